The van der Waals surface area contributed by atoms with E-state index in [0.717, 1.165) is 23.1 Å². The van der Waals surface area contributed by atoms with E-state index in [1.54, 1.807) is 19.3 Å². The second-order valence-electron chi connectivity index (χ2n) is 4.16. The van der Waals surface area contributed by atoms with Gasteiger partial charge in [0.15, 0.2) is 11.0 Å². The van der Waals surface area contributed by atoms with Crippen molar-refractivity contribution in [3.63, 3.8) is 0 Å². The van der Waals surface area contributed by atoms with Gasteiger partial charge in [-0.1, -0.05) is 11.8 Å². The lowest BCUT2D eigenvalue weighted by atomic mass is 10.3. The van der Waals surface area contributed by atoms with E-state index < -0.39 is 0 Å². The van der Waals surface area contributed by atoms with Crippen LogP contribution in [0.15, 0.2) is 29.7 Å². The first kappa shape index (κ1) is 13.7. The number of thioether (sulfide) groups is 1. The lowest BCUT2D eigenvalue weighted by molar-refractivity contribution is -0.116. The largest absolute Gasteiger partial charge is 0.302 e. The molecule has 0 amide bonds. The van der Waals surface area contributed by atoms with Crippen LogP contribution in [0.5, 0.6) is 0 Å². The van der Waals surface area contributed by atoms with Gasteiger partial charge in [-0.05, 0) is 32.9 Å². The molecule has 0 aliphatic carbocycles. The van der Waals surface area contributed by atoms with E-state index in [9.17, 15) is 4.79 Å². The minimum atomic E-state index is -0.115. The van der Waals surface area contributed by atoms with Crippen LogP contribution in [-0.2, 0) is 11.3 Å². The highest BCUT2D eigenvalue weighted by molar-refractivity contribution is 8.00. The number of nitrogens with zero attached hydrogens (tertiary/aromatic N) is 4. The van der Waals surface area contributed by atoms with Gasteiger partial charge < -0.3 is 4.57 Å². The molecule has 0 fully saturated rings. The first-order valence-electron chi connectivity index (χ1n) is 6.14. The van der Waals surface area contributed by atoms with Crippen LogP contribution in [0.2, 0.25) is 0 Å². The fraction of sp³-hybridized carbons (Fsp3) is 0.385. The standard InChI is InChI=1S/C13H16N4OS/c1-4-17-12(11-6-5-7-14-8-11)15-16-13(17)19-10(3)9(2)18/h5-8,10H,4H2,1-3H3. The SMILES string of the molecule is CCn1c(SC(C)C(C)=O)nnc1-c1cccnc1. The van der Waals surface area contributed by atoms with Crippen LogP contribution in [0.25, 0.3) is 11.4 Å². The number of hydrogen-bond acceptors (Lipinski definition) is 5. The van der Waals surface area contributed by atoms with Gasteiger partial charge in [-0.3, -0.25) is 9.78 Å². The summed E-state index contributed by atoms with van der Waals surface area (Å²) in [5, 5.41) is 9.05. The molecule has 2 aromatic rings. The highest BCUT2D eigenvalue weighted by Crippen LogP contribution is 2.26. The van der Waals surface area contributed by atoms with Gasteiger partial charge in [-0.2, -0.15) is 0 Å². The molecule has 0 bridgehead atoms. The molecule has 0 aliphatic rings. The lowest BCUT2D eigenvalue weighted by Crippen LogP contribution is -2.10. The Bertz CT molecular complexity index is 567. The molecule has 6 heteroatoms. The van der Waals surface area contributed by atoms with Gasteiger partial charge in [0.2, 0.25) is 0 Å². The summed E-state index contributed by atoms with van der Waals surface area (Å²) in [4.78, 5) is 15.4. The topological polar surface area (TPSA) is 60.7 Å². The number of Topliss-reactive ketones (excluding diaryl/α,β-unsaturated/α-hetero) is 1. The molecule has 0 saturated heterocycles. The summed E-state index contributed by atoms with van der Waals surface area (Å²) in [6.07, 6.45) is 3.49. The Kier molecular flexibility index (Phi) is 4.31. The van der Waals surface area contributed by atoms with Crippen LogP contribution in [0, 0.1) is 0 Å². The van der Waals surface area contributed by atoms with E-state index in [0.29, 0.717) is 0 Å². The molecule has 2 aromatic heterocycles. The molecule has 1 atom stereocenters. The maximum atomic E-state index is 11.3. The van der Waals surface area contributed by atoms with Crippen molar-refractivity contribution in [1.82, 2.24) is 19.7 Å². The molecule has 100 valence electrons. The van der Waals surface area contributed by atoms with E-state index in [2.05, 4.69) is 15.2 Å². The number of carbonyl (C=O) groups excluding carboxylic acids is 1. The highest BCUT2D eigenvalue weighted by atomic mass is 32.2. The molecular weight excluding hydrogens is 260 g/mol. The molecule has 1 unspecified atom stereocenters. The average molecular weight is 276 g/mol. The summed E-state index contributed by atoms with van der Waals surface area (Å²) in [5.41, 5.74) is 0.930. The fourth-order valence-electron chi connectivity index (χ4n) is 1.61. The maximum Gasteiger partial charge on any atom is 0.192 e. The Balaban J connectivity index is 2.33. The van der Waals surface area contributed by atoms with Gasteiger partial charge in [0, 0.05) is 24.5 Å². The Morgan fingerprint density at radius 1 is 1.47 bits per heavy atom. The van der Waals surface area contributed by atoms with Crippen molar-refractivity contribution in [2.45, 2.75) is 37.7 Å². The minimum Gasteiger partial charge on any atom is -0.302 e. The monoisotopic (exact) mass is 276 g/mol. The van der Waals surface area contributed by atoms with Gasteiger partial charge >= 0.3 is 0 Å². The molecule has 0 saturated carbocycles. The number of rotatable bonds is 5. The fourth-order valence-corrected chi connectivity index (χ4v) is 2.52. The molecule has 0 aliphatic heterocycles. The summed E-state index contributed by atoms with van der Waals surface area (Å²) in [5.74, 6) is 0.924. The van der Waals surface area contributed by atoms with Gasteiger partial charge in [0.25, 0.3) is 0 Å². The predicted molar refractivity (Wildman–Crippen MR) is 74.9 cm³/mol. The van der Waals surface area contributed by atoms with Crippen LogP contribution in [0.3, 0.4) is 0 Å². The van der Waals surface area contributed by atoms with Crippen LogP contribution >= 0.6 is 11.8 Å². The summed E-state index contributed by atoms with van der Waals surface area (Å²) < 4.78 is 2.00. The molecule has 2 rings (SSSR count). The Hall–Kier alpha value is -1.69. The van der Waals surface area contributed by atoms with Crippen LogP contribution in [0.4, 0.5) is 0 Å². The molecule has 0 N–H and O–H groups in total. The van der Waals surface area contributed by atoms with Crippen molar-refractivity contribution < 1.29 is 4.79 Å². The zero-order valence-electron chi connectivity index (χ0n) is 11.2. The van der Waals surface area contributed by atoms with E-state index >= 15 is 0 Å². The molecular formula is C13H16N4OS. The normalized spacial score (nSPS) is 12.4. The minimum absolute atomic E-state index is 0.115. The van der Waals surface area contributed by atoms with Crippen molar-refractivity contribution >= 4 is 17.5 Å². The summed E-state index contributed by atoms with van der Waals surface area (Å²) >= 11 is 1.44. The third-order valence-corrected chi connectivity index (χ3v) is 4.01. The van der Waals surface area contributed by atoms with E-state index in [4.69, 9.17) is 0 Å². The Morgan fingerprint density at radius 2 is 2.26 bits per heavy atom. The van der Waals surface area contributed by atoms with Crippen LogP contribution in [0.1, 0.15) is 20.8 Å². The lowest BCUT2D eigenvalue weighted by Gasteiger charge is -2.09. The second kappa shape index (κ2) is 5.97. The predicted octanol–water partition coefficient (Wildman–Crippen LogP) is 2.43. The highest BCUT2D eigenvalue weighted by Gasteiger charge is 2.17. The molecule has 0 spiro atoms. The average Bonchev–Trinajstić information content (AvgIpc) is 2.82. The summed E-state index contributed by atoms with van der Waals surface area (Å²) in [6, 6.07) is 3.82. The first-order valence-corrected chi connectivity index (χ1v) is 7.02. The van der Waals surface area contributed by atoms with E-state index in [-0.39, 0.29) is 11.0 Å². The maximum absolute atomic E-state index is 11.3. The Morgan fingerprint density at radius 3 is 2.84 bits per heavy atom. The quantitative estimate of drug-likeness (QED) is 0.785. The zero-order valence-corrected chi connectivity index (χ0v) is 12.0. The van der Waals surface area contributed by atoms with Gasteiger partial charge in [-0.15, -0.1) is 10.2 Å². The molecule has 0 radical (unpaired) electrons. The summed E-state index contributed by atoms with van der Waals surface area (Å²) in [7, 11) is 0. The summed E-state index contributed by atoms with van der Waals surface area (Å²) in [6.45, 7) is 6.26. The number of carbonyl (C=O) groups is 1. The third-order valence-electron chi connectivity index (χ3n) is 2.81. The zero-order chi connectivity index (χ0) is 13.8. The van der Waals surface area contributed by atoms with Crippen LogP contribution in [-0.4, -0.2) is 30.8 Å². The Labute approximate surface area is 116 Å². The van der Waals surface area contributed by atoms with Crippen molar-refractivity contribution in [1.29, 1.82) is 0 Å². The van der Waals surface area contributed by atoms with E-state index in [1.807, 2.05) is 30.5 Å². The van der Waals surface area contributed by atoms with Gasteiger partial charge in [0.1, 0.15) is 5.78 Å². The number of pyridine rings is 1. The van der Waals surface area contributed by atoms with E-state index in [1.165, 1.54) is 11.8 Å². The van der Waals surface area contributed by atoms with Gasteiger partial charge in [-0.25, -0.2) is 0 Å². The number of ketones is 1. The molecule has 2 heterocycles. The molecule has 5 nitrogen and oxygen atoms in total. The van der Waals surface area contributed by atoms with Crippen molar-refractivity contribution in [3.05, 3.63) is 24.5 Å². The van der Waals surface area contributed by atoms with Crippen LogP contribution < -0.4 is 0 Å². The number of aromatic nitrogens is 4. The second-order valence-corrected chi connectivity index (χ2v) is 5.47. The van der Waals surface area contributed by atoms with Gasteiger partial charge in [0.05, 0.1) is 5.25 Å². The van der Waals surface area contributed by atoms with Crippen molar-refractivity contribution in [2.24, 2.45) is 0 Å². The van der Waals surface area contributed by atoms with Crippen molar-refractivity contribution in [2.75, 3.05) is 0 Å². The third kappa shape index (κ3) is 3.01. The molecule has 0 aromatic carbocycles. The molecule has 19 heavy (non-hydrogen) atoms. The van der Waals surface area contributed by atoms with Crippen molar-refractivity contribution in [3.8, 4) is 11.4 Å². The smallest absolute Gasteiger partial charge is 0.192 e. The number of hydrogen-bond donors (Lipinski definition) is 0. The first-order chi connectivity index (χ1) is 9.13.